The third kappa shape index (κ3) is 4.94. The van der Waals surface area contributed by atoms with Gasteiger partial charge in [0.2, 0.25) is 0 Å². The van der Waals surface area contributed by atoms with Crippen molar-refractivity contribution < 1.29 is 13.0 Å². The van der Waals surface area contributed by atoms with Gasteiger partial charge < -0.3 is 5.73 Å². The number of hydrogen-bond acceptors (Lipinski definition) is 3. The van der Waals surface area contributed by atoms with Gasteiger partial charge in [-0.3, -0.25) is 4.55 Å². The molecule has 0 aromatic heterocycles. The summed E-state index contributed by atoms with van der Waals surface area (Å²) in [5.74, 6) is 0. The molecule has 0 fully saturated rings. The lowest BCUT2D eigenvalue weighted by atomic mass is 10.1. The molecule has 0 heterocycles. The lowest BCUT2D eigenvalue weighted by Gasteiger charge is -2.01. The van der Waals surface area contributed by atoms with Gasteiger partial charge in [-0.05, 0) is 43.5 Å². The van der Waals surface area contributed by atoms with Gasteiger partial charge >= 0.3 is 0 Å². The molecule has 0 saturated carbocycles. The number of aryl methyl sites for hydroxylation is 1. The Balaban J connectivity index is 0.00000225. The fourth-order valence-corrected chi connectivity index (χ4v) is 1.78. The lowest BCUT2D eigenvalue weighted by molar-refractivity contribution is 0.483. The first-order chi connectivity index (χ1) is 7.04. The van der Waals surface area contributed by atoms with E-state index in [1.807, 2.05) is 0 Å². The van der Waals surface area contributed by atoms with Crippen LogP contribution in [0.2, 0.25) is 0 Å². The predicted molar refractivity (Wildman–Crippen MR) is 65.5 cm³/mol. The molecule has 1 aromatic rings. The minimum Gasteiger partial charge on any atom is -0.330 e. The second kappa shape index (κ2) is 6.85. The maximum absolute atomic E-state index is 10.7. The minimum atomic E-state index is -4.06. The van der Waals surface area contributed by atoms with Crippen molar-refractivity contribution in [2.45, 2.75) is 24.2 Å². The maximum atomic E-state index is 10.7. The van der Waals surface area contributed by atoms with Crippen LogP contribution in [0.25, 0.3) is 0 Å². The van der Waals surface area contributed by atoms with Crippen molar-refractivity contribution >= 4 is 22.5 Å². The fourth-order valence-electron chi connectivity index (χ4n) is 1.30. The number of rotatable bonds is 5. The number of benzene rings is 1. The first-order valence-electron chi connectivity index (χ1n) is 4.80. The van der Waals surface area contributed by atoms with Gasteiger partial charge in [0.25, 0.3) is 10.1 Å². The third-order valence-electron chi connectivity index (χ3n) is 2.14. The van der Waals surface area contributed by atoms with E-state index in [1.54, 1.807) is 12.1 Å². The van der Waals surface area contributed by atoms with E-state index in [2.05, 4.69) is 0 Å². The zero-order valence-electron chi connectivity index (χ0n) is 8.80. The second-order valence-electron chi connectivity index (χ2n) is 3.36. The number of unbranched alkanes of at least 4 members (excludes halogenated alkanes) is 1. The zero-order valence-corrected chi connectivity index (χ0v) is 10.4. The van der Waals surface area contributed by atoms with Crippen LogP contribution in [0.3, 0.4) is 0 Å². The summed E-state index contributed by atoms with van der Waals surface area (Å²) in [6.07, 6.45) is 2.82. The minimum absolute atomic E-state index is 0. The van der Waals surface area contributed by atoms with Crippen LogP contribution in [0.15, 0.2) is 29.2 Å². The standard InChI is InChI=1S/C10H15NO3S.ClH/c11-8-2-1-3-9-4-6-10(7-5-9)15(12,13)14;/h4-7H,1-3,8,11H2,(H,12,13,14);1H. The first kappa shape index (κ1) is 15.4. The van der Waals surface area contributed by atoms with Crippen molar-refractivity contribution in [3.63, 3.8) is 0 Å². The topological polar surface area (TPSA) is 80.4 Å². The van der Waals surface area contributed by atoms with Crippen molar-refractivity contribution in [1.82, 2.24) is 0 Å². The van der Waals surface area contributed by atoms with E-state index in [9.17, 15) is 8.42 Å². The molecule has 6 heteroatoms. The normalized spacial score (nSPS) is 10.9. The summed E-state index contributed by atoms with van der Waals surface area (Å²) in [6, 6.07) is 6.24. The van der Waals surface area contributed by atoms with Crippen LogP contribution in [0.5, 0.6) is 0 Å². The highest BCUT2D eigenvalue weighted by molar-refractivity contribution is 7.85. The Labute approximate surface area is 102 Å². The summed E-state index contributed by atoms with van der Waals surface area (Å²) >= 11 is 0. The van der Waals surface area contributed by atoms with Gasteiger partial charge in [-0.15, -0.1) is 12.4 Å². The Morgan fingerprint density at radius 3 is 2.12 bits per heavy atom. The van der Waals surface area contributed by atoms with E-state index in [0.29, 0.717) is 6.54 Å². The molecule has 0 saturated heterocycles. The SMILES string of the molecule is Cl.NCCCCc1ccc(S(=O)(=O)O)cc1. The molecule has 1 rings (SSSR count). The van der Waals surface area contributed by atoms with Crippen LogP contribution >= 0.6 is 12.4 Å². The summed E-state index contributed by atoms with van der Waals surface area (Å²) in [7, 11) is -4.06. The highest BCUT2D eigenvalue weighted by Crippen LogP contribution is 2.11. The van der Waals surface area contributed by atoms with E-state index in [4.69, 9.17) is 10.3 Å². The van der Waals surface area contributed by atoms with Crippen molar-refractivity contribution in [2.24, 2.45) is 5.73 Å². The monoisotopic (exact) mass is 265 g/mol. The molecular weight excluding hydrogens is 250 g/mol. The van der Waals surface area contributed by atoms with E-state index < -0.39 is 10.1 Å². The number of hydrogen-bond donors (Lipinski definition) is 2. The molecule has 16 heavy (non-hydrogen) atoms. The van der Waals surface area contributed by atoms with Gasteiger partial charge in [0.15, 0.2) is 0 Å². The summed E-state index contributed by atoms with van der Waals surface area (Å²) < 4.78 is 30.2. The molecule has 0 unspecified atom stereocenters. The number of halogens is 1. The van der Waals surface area contributed by atoms with Crippen molar-refractivity contribution in [2.75, 3.05) is 6.54 Å². The highest BCUT2D eigenvalue weighted by Gasteiger charge is 2.07. The second-order valence-corrected chi connectivity index (χ2v) is 4.79. The Hall–Kier alpha value is -0.620. The lowest BCUT2D eigenvalue weighted by Crippen LogP contribution is -2.00. The van der Waals surface area contributed by atoms with Crippen LogP contribution < -0.4 is 5.73 Å². The van der Waals surface area contributed by atoms with E-state index in [-0.39, 0.29) is 17.3 Å². The van der Waals surface area contributed by atoms with Gasteiger partial charge in [0.1, 0.15) is 0 Å². The van der Waals surface area contributed by atoms with E-state index in [1.165, 1.54) is 12.1 Å². The smallest absolute Gasteiger partial charge is 0.294 e. The molecule has 0 bridgehead atoms. The van der Waals surface area contributed by atoms with Gasteiger partial charge in [-0.1, -0.05) is 12.1 Å². The Morgan fingerprint density at radius 1 is 1.12 bits per heavy atom. The van der Waals surface area contributed by atoms with Crippen LogP contribution in [0.1, 0.15) is 18.4 Å². The van der Waals surface area contributed by atoms with E-state index in [0.717, 1.165) is 24.8 Å². The van der Waals surface area contributed by atoms with Crippen molar-refractivity contribution in [3.05, 3.63) is 29.8 Å². The largest absolute Gasteiger partial charge is 0.330 e. The number of nitrogens with two attached hydrogens (primary N) is 1. The summed E-state index contributed by atoms with van der Waals surface area (Å²) in [5.41, 5.74) is 6.41. The van der Waals surface area contributed by atoms with Gasteiger partial charge in [-0.25, -0.2) is 0 Å². The molecule has 4 nitrogen and oxygen atoms in total. The average molecular weight is 266 g/mol. The molecule has 0 aliphatic heterocycles. The Kier molecular flexibility index (Phi) is 6.59. The molecule has 0 aliphatic rings. The molecule has 1 aromatic carbocycles. The molecule has 0 radical (unpaired) electrons. The molecule has 0 atom stereocenters. The molecule has 92 valence electrons. The van der Waals surface area contributed by atoms with Crippen molar-refractivity contribution in [1.29, 1.82) is 0 Å². The van der Waals surface area contributed by atoms with Crippen LogP contribution in [0.4, 0.5) is 0 Å². The molecule has 0 aliphatic carbocycles. The Bertz CT molecular complexity index is 403. The quantitative estimate of drug-likeness (QED) is 0.626. The van der Waals surface area contributed by atoms with E-state index >= 15 is 0 Å². The summed E-state index contributed by atoms with van der Waals surface area (Å²) in [6.45, 7) is 0.670. The van der Waals surface area contributed by atoms with Crippen molar-refractivity contribution in [3.8, 4) is 0 Å². The predicted octanol–water partition coefficient (Wildman–Crippen LogP) is 1.64. The Morgan fingerprint density at radius 2 is 1.69 bits per heavy atom. The van der Waals surface area contributed by atoms with Gasteiger partial charge in [0, 0.05) is 0 Å². The van der Waals surface area contributed by atoms with Gasteiger partial charge in [0.05, 0.1) is 4.90 Å². The van der Waals surface area contributed by atoms with Crippen LogP contribution in [-0.2, 0) is 16.5 Å². The fraction of sp³-hybridized carbons (Fsp3) is 0.400. The molecule has 3 N–H and O–H groups in total. The van der Waals surface area contributed by atoms with Crippen LogP contribution in [-0.4, -0.2) is 19.5 Å². The zero-order chi connectivity index (χ0) is 11.3. The van der Waals surface area contributed by atoms with Gasteiger partial charge in [-0.2, -0.15) is 8.42 Å². The molecule has 0 spiro atoms. The summed E-state index contributed by atoms with van der Waals surface area (Å²) in [4.78, 5) is -0.0647. The highest BCUT2D eigenvalue weighted by atomic mass is 35.5. The maximum Gasteiger partial charge on any atom is 0.294 e. The average Bonchev–Trinajstić information content (AvgIpc) is 2.18. The first-order valence-corrected chi connectivity index (χ1v) is 6.24. The molecule has 0 amide bonds. The summed E-state index contributed by atoms with van der Waals surface area (Å²) in [5, 5.41) is 0. The molecular formula is C10H16ClNO3S. The third-order valence-corrected chi connectivity index (χ3v) is 3.01. The van der Waals surface area contributed by atoms with Crippen LogP contribution in [0, 0.1) is 0 Å².